The number of amides is 2. The smallest absolute Gasteiger partial charge is 0.340 e. The van der Waals surface area contributed by atoms with Crippen molar-refractivity contribution in [3.8, 4) is 17.2 Å². The molecular weight excluding hydrogens is 452 g/mol. The van der Waals surface area contributed by atoms with Gasteiger partial charge in [0.2, 0.25) is 0 Å². The Kier molecular flexibility index (Phi) is 8.57. The molecule has 35 heavy (non-hydrogen) atoms. The van der Waals surface area contributed by atoms with Crippen LogP contribution in [0.5, 0.6) is 17.2 Å². The topological polar surface area (TPSA) is 103 Å². The van der Waals surface area contributed by atoms with E-state index in [9.17, 15) is 14.4 Å². The Labute approximate surface area is 205 Å². The Bertz CT molecular complexity index is 1060. The zero-order valence-corrected chi connectivity index (χ0v) is 20.8. The number of hydrogen-bond acceptors (Lipinski definition) is 7. The summed E-state index contributed by atoms with van der Waals surface area (Å²) in [5.74, 6) is 0.0355. The number of carbonyl (C=O) groups excluding carboxylic acids is 3. The van der Waals surface area contributed by atoms with Gasteiger partial charge in [0, 0.05) is 29.8 Å². The van der Waals surface area contributed by atoms with Crippen LogP contribution in [-0.4, -0.2) is 62.7 Å². The summed E-state index contributed by atoms with van der Waals surface area (Å²) in [5, 5.41) is 2.71. The van der Waals surface area contributed by atoms with Crippen molar-refractivity contribution < 1.29 is 33.3 Å². The highest BCUT2D eigenvalue weighted by Crippen LogP contribution is 2.34. The lowest BCUT2D eigenvalue weighted by atomic mass is 9.97. The molecule has 1 aliphatic heterocycles. The van der Waals surface area contributed by atoms with Crippen molar-refractivity contribution in [2.75, 3.05) is 33.3 Å². The van der Waals surface area contributed by atoms with E-state index in [0.29, 0.717) is 22.8 Å². The average Bonchev–Trinajstić information content (AvgIpc) is 2.86. The van der Waals surface area contributed by atoms with Crippen LogP contribution < -0.4 is 19.5 Å². The molecule has 188 valence electrons. The molecular formula is C26H32N2O7. The summed E-state index contributed by atoms with van der Waals surface area (Å²) in [6.07, 6.45) is 3.12. The summed E-state index contributed by atoms with van der Waals surface area (Å²) in [6, 6.07) is 9.76. The van der Waals surface area contributed by atoms with Crippen molar-refractivity contribution in [1.29, 1.82) is 0 Å². The van der Waals surface area contributed by atoms with Crippen LogP contribution in [0.2, 0.25) is 0 Å². The first-order chi connectivity index (χ1) is 16.8. The van der Waals surface area contributed by atoms with Crippen molar-refractivity contribution >= 4 is 23.5 Å². The van der Waals surface area contributed by atoms with E-state index in [4.69, 9.17) is 18.9 Å². The van der Waals surface area contributed by atoms with Crippen molar-refractivity contribution in [2.24, 2.45) is 0 Å². The highest BCUT2D eigenvalue weighted by Gasteiger charge is 2.29. The maximum atomic E-state index is 12.9. The molecule has 1 heterocycles. The number of nitrogens with one attached hydrogen (secondary N) is 1. The minimum atomic E-state index is -0.632. The molecule has 9 nitrogen and oxygen atoms in total. The summed E-state index contributed by atoms with van der Waals surface area (Å²) in [6.45, 7) is 4.06. The third-order valence-corrected chi connectivity index (χ3v) is 6.14. The molecule has 0 radical (unpaired) electrons. The quantitative estimate of drug-likeness (QED) is 0.567. The van der Waals surface area contributed by atoms with Crippen molar-refractivity contribution in [2.45, 2.75) is 45.2 Å². The van der Waals surface area contributed by atoms with E-state index in [1.807, 2.05) is 4.90 Å². The second kappa shape index (κ2) is 11.6. The third kappa shape index (κ3) is 6.03. The number of esters is 1. The normalized spacial score (nSPS) is 17.3. The highest BCUT2D eigenvalue weighted by atomic mass is 16.5. The van der Waals surface area contributed by atoms with Gasteiger partial charge in [-0.15, -0.1) is 0 Å². The Balaban J connectivity index is 1.68. The van der Waals surface area contributed by atoms with E-state index in [0.717, 1.165) is 19.3 Å². The third-order valence-electron chi connectivity index (χ3n) is 6.14. The number of ether oxygens (including phenoxy) is 4. The summed E-state index contributed by atoms with van der Waals surface area (Å²) in [5.41, 5.74) is 0.681. The number of nitrogens with zero attached hydrogens (tertiary/aromatic N) is 1. The van der Waals surface area contributed by atoms with Gasteiger partial charge < -0.3 is 29.2 Å². The number of hydrogen-bond donors (Lipinski definition) is 1. The van der Waals surface area contributed by atoms with Crippen molar-refractivity contribution in [3.63, 3.8) is 0 Å². The Morgan fingerprint density at radius 1 is 0.943 bits per heavy atom. The summed E-state index contributed by atoms with van der Waals surface area (Å²) in [7, 11) is 4.15. The molecule has 3 rings (SSSR count). The lowest BCUT2D eigenvalue weighted by Crippen LogP contribution is -2.49. The predicted molar refractivity (Wildman–Crippen MR) is 130 cm³/mol. The maximum Gasteiger partial charge on any atom is 0.340 e. The lowest BCUT2D eigenvalue weighted by molar-refractivity contribution is -0.139. The standard InChI is InChI=1S/C26H32N2O7/c1-16-7-6-8-17(2)28(16)24(29)15-35-19-11-9-18(10-12-19)25(30)27-21-14-23(33-4)22(32-3)13-20(21)26(31)34-5/h9-14,16-17H,6-8,15H2,1-5H3,(H,27,30). The first-order valence-electron chi connectivity index (χ1n) is 11.5. The molecule has 1 saturated heterocycles. The molecule has 2 unspecified atom stereocenters. The fourth-order valence-corrected chi connectivity index (χ4v) is 4.29. The zero-order chi connectivity index (χ0) is 25.5. The number of rotatable bonds is 8. The molecule has 0 bridgehead atoms. The Morgan fingerprint density at radius 2 is 1.54 bits per heavy atom. The maximum absolute atomic E-state index is 12.9. The van der Waals surface area contributed by atoms with Gasteiger partial charge in [0.05, 0.1) is 32.6 Å². The molecule has 0 aromatic heterocycles. The second-order valence-electron chi connectivity index (χ2n) is 8.44. The number of benzene rings is 2. The van der Waals surface area contributed by atoms with Gasteiger partial charge in [0.25, 0.3) is 11.8 Å². The van der Waals surface area contributed by atoms with Gasteiger partial charge in [-0.1, -0.05) is 0 Å². The average molecular weight is 485 g/mol. The molecule has 0 aliphatic carbocycles. The number of anilines is 1. The SMILES string of the molecule is COC(=O)c1cc(OC)c(OC)cc1NC(=O)c1ccc(OCC(=O)N2C(C)CCCC2C)cc1. The molecule has 1 N–H and O–H groups in total. The largest absolute Gasteiger partial charge is 0.493 e. The van der Waals surface area contributed by atoms with Crippen LogP contribution in [-0.2, 0) is 9.53 Å². The Morgan fingerprint density at radius 3 is 2.11 bits per heavy atom. The van der Waals surface area contributed by atoms with Crippen LogP contribution in [0.4, 0.5) is 5.69 Å². The Hall–Kier alpha value is -3.75. The van der Waals surface area contributed by atoms with Crippen LogP contribution in [0.3, 0.4) is 0 Å². The molecule has 1 fully saturated rings. The van der Waals surface area contributed by atoms with E-state index in [2.05, 4.69) is 19.2 Å². The van der Waals surface area contributed by atoms with Crippen molar-refractivity contribution in [3.05, 3.63) is 47.5 Å². The van der Waals surface area contributed by atoms with Crippen molar-refractivity contribution in [1.82, 2.24) is 4.90 Å². The van der Waals surface area contributed by atoms with Crippen LogP contribution in [0.25, 0.3) is 0 Å². The molecule has 9 heteroatoms. The van der Waals surface area contributed by atoms with Crippen LogP contribution in [0.1, 0.15) is 53.8 Å². The van der Waals surface area contributed by atoms with Gasteiger partial charge in [-0.05, 0) is 57.4 Å². The number of carbonyl (C=O) groups is 3. The monoisotopic (exact) mass is 484 g/mol. The molecule has 0 saturated carbocycles. The van der Waals surface area contributed by atoms with Gasteiger partial charge in [-0.25, -0.2) is 4.79 Å². The second-order valence-corrected chi connectivity index (χ2v) is 8.44. The summed E-state index contributed by atoms with van der Waals surface area (Å²) < 4.78 is 21.0. The van der Waals surface area contributed by atoms with E-state index in [1.165, 1.54) is 33.5 Å². The van der Waals surface area contributed by atoms with Crippen LogP contribution in [0.15, 0.2) is 36.4 Å². The molecule has 0 spiro atoms. The molecule has 1 aliphatic rings. The van der Waals surface area contributed by atoms with Gasteiger partial charge in [0.1, 0.15) is 5.75 Å². The predicted octanol–water partition coefficient (Wildman–Crippen LogP) is 3.91. The number of likely N-dealkylation sites (tertiary alicyclic amines) is 1. The number of piperidine rings is 1. The molecule has 2 amide bonds. The highest BCUT2D eigenvalue weighted by molar-refractivity contribution is 6.08. The summed E-state index contributed by atoms with van der Waals surface area (Å²) >= 11 is 0. The molecule has 2 atom stereocenters. The molecule has 2 aromatic rings. The van der Waals surface area contributed by atoms with Crippen LogP contribution >= 0.6 is 0 Å². The lowest BCUT2D eigenvalue weighted by Gasteiger charge is -2.38. The fourth-order valence-electron chi connectivity index (χ4n) is 4.29. The molecule has 2 aromatic carbocycles. The minimum Gasteiger partial charge on any atom is -0.493 e. The van der Waals surface area contributed by atoms with E-state index in [-0.39, 0.29) is 35.8 Å². The first-order valence-corrected chi connectivity index (χ1v) is 11.5. The number of methoxy groups -OCH3 is 3. The van der Waals surface area contributed by atoms with Gasteiger partial charge >= 0.3 is 5.97 Å². The van der Waals surface area contributed by atoms with E-state index < -0.39 is 11.9 Å². The first kappa shape index (κ1) is 25.9. The van der Waals surface area contributed by atoms with Gasteiger partial charge in [0.15, 0.2) is 18.1 Å². The van der Waals surface area contributed by atoms with E-state index in [1.54, 1.807) is 24.3 Å². The van der Waals surface area contributed by atoms with Crippen LogP contribution in [0, 0.1) is 0 Å². The van der Waals surface area contributed by atoms with Gasteiger partial charge in [-0.3, -0.25) is 9.59 Å². The minimum absolute atomic E-state index is 0.0460. The summed E-state index contributed by atoms with van der Waals surface area (Å²) in [4.78, 5) is 39.6. The van der Waals surface area contributed by atoms with E-state index >= 15 is 0 Å². The zero-order valence-electron chi connectivity index (χ0n) is 20.8. The van der Waals surface area contributed by atoms with Gasteiger partial charge in [-0.2, -0.15) is 0 Å². The fraction of sp³-hybridized carbons (Fsp3) is 0.423.